The molecule has 3 N–H and O–H groups in total. The van der Waals surface area contributed by atoms with Crippen molar-refractivity contribution in [2.45, 2.75) is 13.8 Å². The highest BCUT2D eigenvalue weighted by atomic mass is 79.9. The van der Waals surface area contributed by atoms with E-state index in [4.69, 9.17) is 5.73 Å². The highest BCUT2D eigenvalue weighted by Crippen LogP contribution is 2.26. The molecular formula is C14H14BrN3O. The van der Waals surface area contributed by atoms with Crippen molar-refractivity contribution in [2.24, 2.45) is 0 Å². The summed E-state index contributed by atoms with van der Waals surface area (Å²) >= 11 is 3.31. The predicted octanol–water partition coefficient (Wildman–Crippen LogP) is 3.30. The summed E-state index contributed by atoms with van der Waals surface area (Å²) in [4.78, 5) is 16.2. The largest absolute Gasteiger partial charge is 0.397 e. The fraction of sp³-hybridized carbons (Fsp3) is 0.143. The normalized spacial score (nSPS) is 10.3. The lowest BCUT2D eigenvalue weighted by Crippen LogP contribution is -2.16. The van der Waals surface area contributed by atoms with Crippen LogP contribution in [0.1, 0.15) is 21.6 Å². The maximum atomic E-state index is 12.2. The molecule has 5 heteroatoms. The number of carbonyl (C=O) groups excluding carboxylic acids is 1. The van der Waals surface area contributed by atoms with Gasteiger partial charge in [0, 0.05) is 10.7 Å². The maximum absolute atomic E-state index is 12.2. The second-order valence-corrected chi connectivity index (χ2v) is 5.11. The van der Waals surface area contributed by atoms with Gasteiger partial charge >= 0.3 is 0 Å². The maximum Gasteiger partial charge on any atom is 0.275 e. The molecule has 1 aromatic heterocycles. The molecule has 0 unspecified atom stereocenters. The van der Waals surface area contributed by atoms with E-state index in [2.05, 4.69) is 26.2 Å². The van der Waals surface area contributed by atoms with Crippen molar-refractivity contribution in [3.63, 3.8) is 0 Å². The van der Waals surface area contributed by atoms with Crippen molar-refractivity contribution in [1.82, 2.24) is 4.98 Å². The van der Waals surface area contributed by atoms with Gasteiger partial charge in [-0.25, -0.2) is 4.98 Å². The summed E-state index contributed by atoms with van der Waals surface area (Å²) in [5, 5.41) is 2.82. The molecule has 0 radical (unpaired) electrons. The SMILES string of the molecule is Cc1ccc(N)c(NC(=O)c2ncccc2Br)c1C. The number of pyridine rings is 1. The van der Waals surface area contributed by atoms with Gasteiger partial charge in [-0.2, -0.15) is 0 Å². The molecule has 0 saturated heterocycles. The van der Waals surface area contributed by atoms with Crippen LogP contribution in [0, 0.1) is 13.8 Å². The van der Waals surface area contributed by atoms with Crippen LogP contribution in [0.4, 0.5) is 11.4 Å². The number of benzene rings is 1. The van der Waals surface area contributed by atoms with Gasteiger partial charge in [-0.15, -0.1) is 0 Å². The molecule has 0 aliphatic heterocycles. The van der Waals surface area contributed by atoms with Crippen LogP contribution in [0.15, 0.2) is 34.9 Å². The number of amides is 1. The van der Waals surface area contributed by atoms with Crippen LogP contribution in [0.2, 0.25) is 0 Å². The predicted molar refractivity (Wildman–Crippen MR) is 80.2 cm³/mol. The molecule has 1 amide bonds. The average Bonchev–Trinajstić information content (AvgIpc) is 2.39. The van der Waals surface area contributed by atoms with Gasteiger partial charge in [0.2, 0.25) is 0 Å². The Labute approximate surface area is 120 Å². The number of aryl methyl sites for hydroxylation is 1. The molecule has 0 spiro atoms. The first kappa shape index (κ1) is 13.5. The standard InChI is InChI=1S/C14H14BrN3O/c1-8-5-6-11(16)12(9(8)2)18-14(19)13-10(15)4-3-7-17-13/h3-7H,16H2,1-2H3,(H,18,19). The Morgan fingerprint density at radius 1 is 1.32 bits per heavy atom. The average molecular weight is 320 g/mol. The van der Waals surface area contributed by atoms with Gasteiger partial charge in [0.15, 0.2) is 0 Å². The van der Waals surface area contributed by atoms with E-state index in [9.17, 15) is 4.79 Å². The molecule has 0 atom stereocenters. The highest BCUT2D eigenvalue weighted by Gasteiger charge is 2.14. The van der Waals surface area contributed by atoms with Crippen LogP contribution in [0.25, 0.3) is 0 Å². The Morgan fingerprint density at radius 2 is 2.05 bits per heavy atom. The zero-order chi connectivity index (χ0) is 14.0. The van der Waals surface area contributed by atoms with E-state index in [1.165, 1.54) is 0 Å². The van der Waals surface area contributed by atoms with Crippen molar-refractivity contribution in [3.05, 3.63) is 51.8 Å². The van der Waals surface area contributed by atoms with Gasteiger partial charge in [-0.3, -0.25) is 4.79 Å². The van der Waals surface area contributed by atoms with E-state index in [1.807, 2.05) is 19.9 Å². The van der Waals surface area contributed by atoms with Crippen LogP contribution < -0.4 is 11.1 Å². The van der Waals surface area contributed by atoms with E-state index in [-0.39, 0.29) is 5.91 Å². The van der Waals surface area contributed by atoms with Gasteiger partial charge in [0.25, 0.3) is 5.91 Å². The number of carbonyl (C=O) groups is 1. The number of halogens is 1. The molecule has 98 valence electrons. The van der Waals surface area contributed by atoms with E-state index >= 15 is 0 Å². The van der Waals surface area contributed by atoms with E-state index in [0.29, 0.717) is 21.5 Å². The first-order valence-corrected chi connectivity index (χ1v) is 6.57. The Balaban J connectivity index is 2.35. The zero-order valence-electron chi connectivity index (χ0n) is 10.7. The van der Waals surface area contributed by atoms with Gasteiger partial charge in [0.05, 0.1) is 11.4 Å². The molecule has 1 aromatic carbocycles. The van der Waals surface area contributed by atoms with Crippen molar-refractivity contribution < 1.29 is 4.79 Å². The van der Waals surface area contributed by atoms with Gasteiger partial charge in [-0.05, 0) is 59.1 Å². The number of rotatable bonds is 2. The van der Waals surface area contributed by atoms with Crippen molar-refractivity contribution in [2.75, 3.05) is 11.1 Å². The number of aromatic nitrogens is 1. The van der Waals surface area contributed by atoms with Crippen molar-refractivity contribution >= 4 is 33.2 Å². The summed E-state index contributed by atoms with van der Waals surface area (Å²) in [5.74, 6) is -0.284. The van der Waals surface area contributed by atoms with Crippen LogP contribution in [-0.2, 0) is 0 Å². The van der Waals surface area contributed by atoms with Gasteiger partial charge < -0.3 is 11.1 Å². The van der Waals surface area contributed by atoms with Gasteiger partial charge in [0.1, 0.15) is 5.69 Å². The number of nitrogen functional groups attached to an aromatic ring is 1. The summed E-state index contributed by atoms with van der Waals surface area (Å²) in [6, 6.07) is 7.24. The first-order chi connectivity index (χ1) is 9.00. The lowest BCUT2D eigenvalue weighted by Gasteiger charge is -2.13. The topological polar surface area (TPSA) is 68.0 Å². The minimum absolute atomic E-state index is 0.284. The van der Waals surface area contributed by atoms with Gasteiger partial charge in [-0.1, -0.05) is 6.07 Å². The third kappa shape index (κ3) is 2.76. The third-order valence-corrected chi connectivity index (χ3v) is 3.62. The lowest BCUT2D eigenvalue weighted by atomic mass is 10.1. The number of nitrogens with zero attached hydrogens (tertiary/aromatic N) is 1. The molecule has 19 heavy (non-hydrogen) atoms. The number of nitrogens with one attached hydrogen (secondary N) is 1. The third-order valence-electron chi connectivity index (χ3n) is 2.98. The van der Waals surface area contributed by atoms with Crippen LogP contribution >= 0.6 is 15.9 Å². The molecular weight excluding hydrogens is 306 g/mol. The van der Waals surface area contributed by atoms with Crippen LogP contribution in [-0.4, -0.2) is 10.9 Å². The number of hydrogen-bond acceptors (Lipinski definition) is 3. The molecule has 2 aromatic rings. The molecule has 0 bridgehead atoms. The van der Waals surface area contributed by atoms with E-state index in [0.717, 1.165) is 11.1 Å². The summed E-state index contributed by atoms with van der Waals surface area (Å²) < 4.78 is 0.649. The highest BCUT2D eigenvalue weighted by molar-refractivity contribution is 9.10. The molecule has 1 heterocycles. The molecule has 4 nitrogen and oxygen atoms in total. The number of anilines is 2. The van der Waals surface area contributed by atoms with Crippen molar-refractivity contribution in [3.8, 4) is 0 Å². The molecule has 0 aliphatic rings. The second-order valence-electron chi connectivity index (χ2n) is 4.26. The Kier molecular flexibility index (Phi) is 3.85. The quantitative estimate of drug-likeness (QED) is 0.834. The molecule has 0 saturated carbocycles. The Bertz CT molecular complexity index is 641. The number of nitrogens with two attached hydrogens (primary N) is 1. The second kappa shape index (κ2) is 5.40. The summed E-state index contributed by atoms with van der Waals surface area (Å²) in [5.41, 5.74) is 9.46. The Morgan fingerprint density at radius 3 is 2.74 bits per heavy atom. The molecule has 0 fully saturated rings. The fourth-order valence-electron chi connectivity index (χ4n) is 1.73. The molecule has 2 rings (SSSR count). The number of hydrogen-bond donors (Lipinski definition) is 2. The summed E-state index contributed by atoms with van der Waals surface area (Å²) in [6.45, 7) is 3.90. The van der Waals surface area contributed by atoms with Crippen LogP contribution in [0.5, 0.6) is 0 Å². The zero-order valence-corrected chi connectivity index (χ0v) is 12.3. The fourth-order valence-corrected chi connectivity index (χ4v) is 2.16. The van der Waals surface area contributed by atoms with E-state index < -0.39 is 0 Å². The first-order valence-electron chi connectivity index (χ1n) is 5.78. The minimum Gasteiger partial charge on any atom is -0.397 e. The summed E-state index contributed by atoms with van der Waals surface area (Å²) in [7, 11) is 0. The lowest BCUT2D eigenvalue weighted by molar-refractivity contribution is 0.102. The monoisotopic (exact) mass is 319 g/mol. The summed E-state index contributed by atoms with van der Waals surface area (Å²) in [6.07, 6.45) is 1.58. The Hall–Kier alpha value is -1.88. The smallest absolute Gasteiger partial charge is 0.275 e. The van der Waals surface area contributed by atoms with Crippen molar-refractivity contribution in [1.29, 1.82) is 0 Å². The minimum atomic E-state index is -0.284. The molecule has 0 aliphatic carbocycles. The van der Waals surface area contributed by atoms with E-state index in [1.54, 1.807) is 24.4 Å². The van der Waals surface area contributed by atoms with Crippen LogP contribution in [0.3, 0.4) is 0 Å².